The molecule has 140 valence electrons. The molecule has 0 aromatic heterocycles. The van der Waals surface area contributed by atoms with Gasteiger partial charge >= 0.3 is 12.4 Å². The van der Waals surface area contributed by atoms with Crippen molar-refractivity contribution in [3.05, 3.63) is 35.9 Å². The van der Waals surface area contributed by atoms with E-state index in [1.165, 1.54) is 19.8 Å². The minimum Gasteiger partial charge on any atom is -0.418 e. The smallest absolute Gasteiger partial charge is 0.306 e. The van der Waals surface area contributed by atoms with Crippen molar-refractivity contribution in [3.63, 3.8) is 0 Å². The largest absolute Gasteiger partial charge is 0.418 e. The van der Waals surface area contributed by atoms with Gasteiger partial charge in [-0.15, -0.1) is 5.48 Å². The van der Waals surface area contributed by atoms with Crippen LogP contribution in [0.15, 0.2) is 30.3 Å². The zero-order chi connectivity index (χ0) is 18.1. The molecule has 2 rings (SSSR count). The fourth-order valence-electron chi connectivity index (χ4n) is 2.89. The standard InChI is InChI=1S/C19H30N2O4/c1-4-6-10-16(5-2)14-21-18(13-17-11-8-7-9-12-17)24-20-19(25-21)23-15(3)22/h7-9,11-12,16,18-20H,4-6,10,13-14H2,1-3H3. The number of carbonyl (C=O) groups is 1. The summed E-state index contributed by atoms with van der Waals surface area (Å²) in [6.07, 6.45) is 4.10. The number of nitrogens with zero attached hydrogens (tertiary/aromatic N) is 1. The summed E-state index contributed by atoms with van der Waals surface area (Å²) in [5, 5.41) is 1.82. The monoisotopic (exact) mass is 350 g/mol. The van der Waals surface area contributed by atoms with E-state index in [1.807, 2.05) is 23.3 Å². The molecule has 3 unspecified atom stereocenters. The Kier molecular flexibility index (Phi) is 8.34. The second-order valence-electron chi connectivity index (χ2n) is 6.44. The van der Waals surface area contributed by atoms with E-state index in [0.717, 1.165) is 24.9 Å². The Labute approximate surface area is 150 Å². The van der Waals surface area contributed by atoms with E-state index in [-0.39, 0.29) is 6.23 Å². The van der Waals surface area contributed by atoms with E-state index >= 15 is 0 Å². The number of hydrogen-bond acceptors (Lipinski definition) is 6. The van der Waals surface area contributed by atoms with Crippen molar-refractivity contribution in [2.24, 2.45) is 5.92 Å². The van der Waals surface area contributed by atoms with Gasteiger partial charge in [0.2, 0.25) is 0 Å². The van der Waals surface area contributed by atoms with Gasteiger partial charge in [-0.25, -0.2) is 4.84 Å². The lowest BCUT2D eigenvalue weighted by molar-refractivity contribution is -0.412. The van der Waals surface area contributed by atoms with Crippen molar-refractivity contribution < 1.29 is 19.2 Å². The SMILES string of the molecule is CCCCC(CC)CN1OC(OC(C)=O)NOC1Cc1ccccc1. The van der Waals surface area contributed by atoms with E-state index < -0.39 is 12.4 Å². The molecule has 1 aliphatic heterocycles. The fourth-order valence-corrected chi connectivity index (χ4v) is 2.89. The van der Waals surface area contributed by atoms with Crippen molar-refractivity contribution in [2.75, 3.05) is 6.54 Å². The number of unbranched alkanes of at least 4 members (excludes halogenated alkanes) is 1. The van der Waals surface area contributed by atoms with Crippen LogP contribution in [0, 0.1) is 5.92 Å². The van der Waals surface area contributed by atoms with E-state index in [0.29, 0.717) is 12.3 Å². The molecule has 0 spiro atoms. The summed E-state index contributed by atoms with van der Waals surface area (Å²) in [4.78, 5) is 22.8. The first kappa shape index (κ1) is 19.8. The summed E-state index contributed by atoms with van der Waals surface area (Å²) in [7, 11) is 0. The number of ether oxygens (including phenoxy) is 1. The Bertz CT molecular complexity index is 511. The van der Waals surface area contributed by atoms with Crippen molar-refractivity contribution in [3.8, 4) is 0 Å². The highest BCUT2D eigenvalue weighted by molar-refractivity contribution is 5.65. The first-order chi connectivity index (χ1) is 12.1. The number of esters is 1. The molecule has 6 heteroatoms. The Morgan fingerprint density at radius 1 is 1.32 bits per heavy atom. The molecule has 1 aliphatic rings. The molecule has 3 atom stereocenters. The van der Waals surface area contributed by atoms with Gasteiger partial charge in [0.1, 0.15) is 0 Å². The van der Waals surface area contributed by atoms with Crippen molar-refractivity contribution in [1.82, 2.24) is 10.5 Å². The highest BCUT2D eigenvalue weighted by Gasteiger charge is 2.33. The van der Waals surface area contributed by atoms with Gasteiger partial charge in [-0.3, -0.25) is 9.63 Å². The molecule has 0 bridgehead atoms. The van der Waals surface area contributed by atoms with Crippen LogP contribution >= 0.6 is 0 Å². The molecule has 0 saturated carbocycles. The van der Waals surface area contributed by atoms with Gasteiger partial charge < -0.3 is 4.74 Å². The lowest BCUT2D eigenvalue weighted by Gasteiger charge is -2.39. The van der Waals surface area contributed by atoms with Crippen LogP contribution in [0.5, 0.6) is 0 Å². The summed E-state index contributed by atoms with van der Waals surface area (Å²) < 4.78 is 5.08. The van der Waals surface area contributed by atoms with Crippen LogP contribution in [-0.2, 0) is 25.6 Å². The average molecular weight is 350 g/mol. The maximum atomic E-state index is 11.2. The first-order valence-corrected chi connectivity index (χ1v) is 9.18. The molecule has 6 nitrogen and oxygen atoms in total. The second kappa shape index (κ2) is 10.5. The first-order valence-electron chi connectivity index (χ1n) is 9.18. The summed E-state index contributed by atoms with van der Waals surface area (Å²) in [5.74, 6) is 0.0958. The molecule has 0 radical (unpaired) electrons. The molecule has 0 amide bonds. The quantitative estimate of drug-likeness (QED) is 0.689. The molecule has 1 saturated heterocycles. The zero-order valence-electron chi connectivity index (χ0n) is 15.4. The molecule has 1 N–H and O–H groups in total. The number of hydrogen-bond donors (Lipinski definition) is 1. The number of nitrogens with one attached hydrogen (secondary N) is 1. The summed E-state index contributed by atoms with van der Waals surface area (Å²) in [6.45, 7) is 6.49. The lowest BCUT2D eigenvalue weighted by atomic mass is 9.99. The zero-order valence-corrected chi connectivity index (χ0v) is 15.4. The maximum absolute atomic E-state index is 11.2. The molecule has 0 aliphatic carbocycles. The van der Waals surface area contributed by atoms with E-state index in [9.17, 15) is 4.79 Å². The molecule has 25 heavy (non-hydrogen) atoms. The number of rotatable bonds is 9. The third-order valence-electron chi connectivity index (χ3n) is 4.36. The molecule has 1 aromatic rings. The van der Waals surface area contributed by atoms with Gasteiger partial charge in [0, 0.05) is 19.9 Å². The van der Waals surface area contributed by atoms with Crippen molar-refractivity contribution in [1.29, 1.82) is 0 Å². The third-order valence-corrected chi connectivity index (χ3v) is 4.36. The summed E-state index contributed by atoms with van der Waals surface area (Å²) in [6, 6.07) is 10.1. The van der Waals surface area contributed by atoms with Crippen LogP contribution in [0.1, 0.15) is 52.0 Å². The minimum absolute atomic E-state index is 0.273. The topological polar surface area (TPSA) is 60.0 Å². The van der Waals surface area contributed by atoms with Crippen molar-refractivity contribution in [2.45, 2.75) is 65.5 Å². The van der Waals surface area contributed by atoms with Gasteiger partial charge in [-0.1, -0.05) is 63.4 Å². The van der Waals surface area contributed by atoms with Crippen LogP contribution in [-0.4, -0.2) is 30.2 Å². The highest BCUT2D eigenvalue weighted by atomic mass is 16.9. The Hall–Kier alpha value is -1.47. The number of benzene rings is 1. The van der Waals surface area contributed by atoms with Crippen LogP contribution < -0.4 is 5.48 Å². The van der Waals surface area contributed by atoms with E-state index in [2.05, 4.69) is 31.5 Å². The third kappa shape index (κ3) is 6.74. The molecule has 1 aromatic carbocycles. The normalized spacial score (nSPS) is 22.5. The van der Waals surface area contributed by atoms with E-state index in [1.54, 1.807) is 0 Å². The van der Waals surface area contributed by atoms with Crippen LogP contribution in [0.2, 0.25) is 0 Å². The predicted molar refractivity (Wildman–Crippen MR) is 94.8 cm³/mol. The van der Waals surface area contributed by atoms with Gasteiger partial charge in [-0.2, -0.15) is 5.06 Å². The van der Waals surface area contributed by atoms with Gasteiger partial charge in [0.25, 0.3) is 0 Å². The van der Waals surface area contributed by atoms with Gasteiger partial charge in [0.15, 0.2) is 6.23 Å². The van der Waals surface area contributed by atoms with E-state index in [4.69, 9.17) is 14.4 Å². The number of hydroxylamine groups is 3. The Morgan fingerprint density at radius 2 is 2.08 bits per heavy atom. The molecule has 1 heterocycles. The summed E-state index contributed by atoms with van der Waals surface area (Å²) in [5.41, 5.74) is 3.84. The van der Waals surface area contributed by atoms with Gasteiger partial charge in [0.05, 0.1) is 0 Å². The van der Waals surface area contributed by atoms with Crippen LogP contribution in [0.25, 0.3) is 0 Å². The van der Waals surface area contributed by atoms with Crippen LogP contribution in [0.3, 0.4) is 0 Å². The minimum atomic E-state index is -0.909. The molecular formula is C19H30N2O4. The maximum Gasteiger partial charge on any atom is 0.306 e. The number of carbonyl (C=O) groups excluding carboxylic acids is 1. The highest BCUT2D eigenvalue weighted by Crippen LogP contribution is 2.21. The summed E-state index contributed by atoms with van der Waals surface area (Å²) >= 11 is 0. The Morgan fingerprint density at radius 3 is 2.72 bits per heavy atom. The predicted octanol–water partition coefficient (Wildman–Crippen LogP) is 3.39. The average Bonchev–Trinajstić information content (AvgIpc) is 2.61. The Balaban J connectivity index is 2.02. The lowest BCUT2D eigenvalue weighted by Crippen LogP contribution is -2.56. The van der Waals surface area contributed by atoms with Crippen LogP contribution in [0.4, 0.5) is 0 Å². The molecular weight excluding hydrogens is 320 g/mol. The second-order valence-corrected chi connectivity index (χ2v) is 6.44. The molecule has 1 fully saturated rings. The van der Waals surface area contributed by atoms with Crippen molar-refractivity contribution >= 4 is 5.97 Å². The fraction of sp³-hybridized carbons (Fsp3) is 0.632. The van der Waals surface area contributed by atoms with Gasteiger partial charge in [-0.05, 0) is 17.9 Å².